The molecule has 2 rings (SSSR count). The van der Waals surface area contributed by atoms with Gasteiger partial charge in [0, 0.05) is 12.2 Å². The minimum Gasteiger partial charge on any atom is -0.339 e. The van der Waals surface area contributed by atoms with Gasteiger partial charge in [-0.05, 0) is 36.8 Å². The van der Waals surface area contributed by atoms with E-state index in [-0.39, 0.29) is 0 Å². The van der Waals surface area contributed by atoms with Gasteiger partial charge in [-0.1, -0.05) is 24.3 Å². The van der Waals surface area contributed by atoms with E-state index in [1.165, 1.54) is 0 Å². The molecule has 3 nitrogen and oxygen atoms in total. The highest BCUT2D eigenvalue weighted by Gasteiger charge is 2.13. The van der Waals surface area contributed by atoms with E-state index in [1.54, 1.807) is 0 Å². The van der Waals surface area contributed by atoms with Crippen LogP contribution in [0.25, 0.3) is 0 Å². The summed E-state index contributed by atoms with van der Waals surface area (Å²) in [5.74, 6) is 0. The fraction of sp³-hybridized carbons (Fsp3) is 0.176. The molecule has 0 aliphatic rings. The number of nitriles is 2. The molecule has 0 heterocycles. The number of anilines is 2. The molecule has 0 atom stereocenters. The van der Waals surface area contributed by atoms with Gasteiger partial charge in [-0.3, -0.25) is 0 Å². The minimum absolute atomic E-state index is 0.410. The zero-order valence-electron chi connectivity index (χ0n) is 11.4. The second-order valence-electron chi connectivity index (χ2n) is 4.53. The van der Waals surface area contributed by atoms with E-state index < -0.39 is 0 Å². The lowest BCUT2D eigenvalue weighted by molar-refractivity contribution is 0.946. The van der Waals surface area contributed by atoms with Crippen LogP contribution in [0.15, 0.2) is 48.5 Å². The molecule has 0 spiro atoms. The number of hydrogen-bond donors (Lipinski definition) is 0. The Morgan fingerprint density at radius 1 is 1.05 bits per heavy atom. The molecule has 0 aliphatic carbocycles. The standard InChI is InChI=1S/C17H15N3/c1-14-8-9-17(15(12-14)13-19)20(11-5-10-18)16-6-3-2-4-7-16/h2-4,6-9,12H,5,11H2,1H3. The van der Waals surface area contributed by atoms with E-state index in [0.29, 0.717) is 18.5 Å². The van der Waals surface area contributed by atoms with Crippen molar-refractivity contribution in [3.05, 3.63) is 59.7 Å². The first-order valence-electron chi connectivity index (χ1n) is 6.46. The summed E-state index contributed by atoms with van der Waals surface area (Å²) in [6.07, 6.45) is 0.410. The summed E-state index contributed by atoms with van der Waals surface area (Å²) < 4.78 is 0. The van der Waals surface area contributed by atoms with E-state index in [4.69, 9.17) is 5.26 Å². The average Bonchev–Trinajstić information content (AvgIpc) is 2.49. The lowest BCUT2D eigenvalue weighted by Crippen LogP contribution is -2.19. The van der Waals surface area contributed by atoms with Gasteiger partial charge in [0.1, 0.15) is 6.07 Å². The maximum Gasteiger partial charge on any atom is 0.101 e. The van der Waals surface area contributed by atoms with E-state index >= 15 is 0 Å². The number of para-hydroxylation sites is 1. The van der Waals surface area contributed by atoms with Gasteiger partial charge in [0.2, 0.25) is 0 Å². The maximum absolute atomic E-state index is 9.32. The van der Waals surface area contributed by atoms with Gasteiger partial charge < -0.3 is 4.90 Å². The van der Waals surface area contributed by atoms with Crippen LogP contribution < -0.4 is 4.90 Å². The fourth-order valence-corrected chi connectivity index (χ4v) is 2.13. The van der Waals surface area contributed by atoms with E-state index in [0.717, 1.165) is 16.9 Å². The highest BCUT2D eigenvalue weighted by atomic mass is 15.1. The van der Waals surface area contributed by atoms with Crippen LogP contribution in [0.4, 0.5) is 11.4 Å². The molecule has 0 bridgehead atoms. The molecule has 0 saturated heterocycles. The van der Waals surface area contributed by atoms with Crippen LogP contribution in [0.2, 0.25) is 0 Å². The number of benzene rings is 2. The molecule has 0 fully saturated rings. The third-order valence-electron chi connectivity index (χ3n) is 3.08. The molecule has 0 radical (unpaired) electrons. The van der Waals surface area contributed by atoms with Crippen molar-refractivity contribution in [1.82, 2.24) is 0 Å². The predicted molar refractivity (Wildman–Crippen MR) is 79.6 cm³/mol. The van der Waals surface area contributed by atoms with Gasteiger partial charge in [-0.2, -0.15) is 10.5 Å². The molecule has 2 aromatic carbocycles. The van der Waals surface area contributed by atoms with Crippen molar-refractivity contribution < 1.29 is 0 Å². The monoisotopic (exact) mass is 261 g/mol. The largest absolute Gasteiger partial charge is 0.339 e. The highest BCUT2D eigenvalue weighted by Crippen LogP contribution is 2.29. The SMILES string of the molecule is Cc1ccc(N(CCC#N)c2ccccc2)c(C#N)c1. The Hall–Kier alpha value is -2.78. The smallest absolute Gasteiger partial charge is 0.101 e. The normalized spacial score (nSPS) is 9.55. The Morgan fingerprint density at radius 3 is 2.45 bits per heavy atom. The van der Waals surface area contributed by atoms with Gasteiger partial charge >= 0.3 is 0 Å². The summed E-state index contributed by atoms with van der Waals surface area (Å²) >= 11 is 0. The maximum atomic E-state index is 9.32. The van der Waals surface area contributed by atoms with Gasteiger partial charge in [0.15, 0.2) is 0 Å². The molecule has 98 valence electrons. The van der Waals surface area contributed by atoms with E-state index in [1.807, 2.05) is 60.4 Å². The highest BCUT2D eigenvalue weighted by molar-refractivity contribution is 5.69. The molecular weight excluding hydrogens is 246 g/mol. The van der Waals surface area contributed by atoms with Crippen molar-refractivity contribution in [3.63, 3.8) is 0 Å². The zero-order chi connectivity index (χ0) is 14.4. The average molecular weight is 261 g/mol. The second kappa shape index (κ2) is 6.41. The third kappa shape index (κ3) is 2.96. The number of nitrogens with zero attached hydrogens (tertiary/aromatic N) is 3. The van der Waals surface area contributed by atoms with Crippen molar-refractivity contribution in [1.29, 1.82) is 10.5 Å². The Bertz CT molecular complexity index is 663. The first-order chi connectivity index (χ1) is 9.76. The zero-order valence-corrected chi connectivity index (χ0v) is 11.4. The van der Waals surface area contributed by atoms with Gasteiger partial charge in [0.25, 0.3) is 0 Å². The molecule has 0 unspecified atom stereocenters. The Kier molecular flexibility index (Phi) is 4.37. The van der Waals surface area contributed by atoms with Crippen molar-refractivity contribution in [2.75, 3.05) is 11.4 Å². The molecule has 2 aromatic rings. The molecule has 0 amide bonds. The van der Waals surface area contributed by atoms with E-state index in [9.17, 15) is 5.26 Å². The quantitative estimate of drug-likeness (QED) is 0.838. The van der Waals surface area contributed by atoms with Crippen LogP contribution in [-0.4, -0.2) is 6.54 Å². The van der Waals surface area contributed by atoms with Crippen LogP contribution >= 0.6 is 0 Å². The number of aryl methyl sites for hydroxylation is 1. The van der Waals surface area contributed by atoms with Gasteiger partial charge in [0.05, 0.1) is 23.7 Å². The second-order valence-corrected chi connectivity index (χ2v) is 4.53. The fourth-order valence-electron chi connectivity index (χ4n) is 2.13. The Morgan fingerprint density at radius 2 is 1.80 bits per heavy atom. The first kappa shape index (κ1) is 13.6. The summed E-state index contributed by atoms with van der Waals surface area (Å²) in [4.78, 5) is 2.02. The Balaban J connectivity index is 2.48. The summed E-state index contributed by atoms with van der Waals surface area (Å²) in [6.45, 7) is 2.53. The van der Waals surface area contributed by atoms with Crippen LogP contribution in [0.5, 0.6) is 0 Å². The third-order valence-corrected chi connectivity index (χ3v) is 3.08. The van der Waals surface area contributed by atoms with Crippen LogP contribution in [0, 0.1) is 29.6 Å². The summed E-state index contributed by atoms with van der Waals surface area (Å²) in [7, 11) is 0. The molecule has 0 aliphatic heterocycles. The van der Waals surface area contributed by atoms with Crippen molar-refractivity contribution in [2.45, 2.75) is 13.3 Å². The van der Waals surface area contributed by atoms with Crippen LogP contribution in [-0.2, 0) is 0 Å². The van der Waals surface area contributed by atoms with Crippen molar-refractivity contribution in [3.8, 4) is 12.1 Å². The van der Waals surface area contributed by atoms with Gasteiger partial charge in [-0.25, -0.2) is 0 Å². The summed E-state index contributed by atoms with van der Waals surface area (Å²) in [5, 5.41) is 18.2. The van der Waals surface area contributed by atoms with Gasteiger partial charge in [-0.15, -0.1) is 0 Å². The summed E-state index contributed by atoms with van der Waals surface area (Å²) in [5.41, 5.74) is 3.52. The lowest BCUT2D eigenvalue weighted by atomic mass is 10.1. The van der Waals surface area contributed by atoms with Crippen LogP contribution in [0.3, 0.4) is 0 Å². The molecule has 0 N–H and O–H groups in total. The Labute approximate surface area is 119 Å². The van der Waals surface area contributed by atoms with Crippen LogP contribution in [0.1, 0.15) is 17.5 Å². The minimum atomic E-state index is 0.410. The lowest BCUT2D eigenvalue weighted by Gasteiger charge is -2.25. The molecule has 20 heavy (non-hydrogen) atoms. The van der Waals surface area contributed by atoms with Crippen molar-refractivity contribution >= 4 is 11.4 Å². The topological polar surface area (TPSA) is 50.8 Å². The number of rotatable bonds is 4. The first-order valence-corrected chi connectivity index (χ1v) is 6.46. The van der Waals surface area contributed by atoms with Crippen molar-refractivity contribution in [2.24, 2.45) is 0 Å². The molecule has 0 saturated carbocycles. The molecular formula is C17H15N3. The molecule has 0 aromatic heterocycles. The predicted octanol–water partition coefficient (Wildman–Crippen LogP) is 3.92. The number of hydrogen-bond acceptors (Lipinski definition) is 3. The van der Waals surface area contributed by atoms with E-state index in [2.05, 4.69) is 12.1 Å². The summed E-state index contributed by atoms with van der Waals surface area (Å²) in [6, 6.07) is 20.0. The molecule has 3 heteroatoms.